The van der Waals surface area contributed by atoms with Gasteiger partial charge in [-0.25, -0.2) is 0 Å². The fraction of sp³-hybridized carbons (Fsp3) is 0.300. The number of hydrogen-bond donors (Lipinski definition) is 1. The Hall–Kier alpha value is -0.0600. The highest BCUT2D eigenvalue weighted by Crippen LogP contribution is 2.21. The van der Waals surface area contributed by atoms with Gasteiger partial charge in [-0.1, -0.05) is 31.9 Å². The zero-order valence-electron chi connectivity index (χ0n) is 7.90. The van der Waals surface area contributed by atoms with Crippen LogP contribution in [0.2, 0.25) is 0 Å². The fourth-order valence-electron chi connectivity index (χ4n) is 1.12. The summed E-state index contributed by atoms with van der Waals surface area (Å²) < 4.78 is 2.08. The standard InChI is InChI=1S/C10H10Br2ClNO/c11-8-1-2-9(12)7(5-8)3-4-14-10(15)6-13/h1-2,5H,3-4,6H2,(H,14,15). The highest BCUT2D eigenvalue weighted by molar-refractivity contribution is 9.11. The van der Waals surface area contributed by atoms with Crippen LogP contribution in [-0.4, -0.2) is 18.3 Å². The summed E-state index contributed by atoms with van der Waals surface area (Å²) in [4.78, 5) is 10.9. The Morgan fingerprint density at radius 2 is 2.13 bits per heavy atom. The molecule has 0 saturated carbocycles. The smallest absolute Gasteiger partial charge is 0.234 e. The molecule has 0 aliphatic carbocycles. The van der Waals surface area contributed by atoms with Crippen molar-refractivity contribution in [3.63, 3.8) is 0 Å². The van der Waals surface area contributed by atoms with Gasteiger partial charge in [0.1, 0.15) is 5.88 Å². The first-order valence-electron chi connectivity index (χ1n) is 4.40. The number of halogens is 3. The van der Waals surface area contributed by atoms with E-state index in [1.165, 1.54) is 0 Å². The van der Waals surface area contributed by atoms with Crippen LogP contribution < -0.4 is 5.32 Å². The molecule has 1 N–H and O–H groups in total. The third-order valence-electron chi connectivity index (χ3n) is 1.85. The lowest BCUT2D eigenvalue weighted by Crippen LogP contribution is -2.26. The minimum absolute atomic E-state index is 0.0135. The van der Waals surface area contributed by atoms with Crippen LogP contribution in [0.4, 0.5) is 0 Å². The molecule has 0 heterocycles. The first-order valence-corrected chi connectivity index (χ1v) is 6.52. The van der Waals surface area contributed by atoms with E-state index in [-0.39, 0.29) is 11.8 Å². The molecule has 15 heavy (non-hydrogen) atoms. The summed E-state index contributed by atoms with van der Waals surface area (Å²) in [6, 6.07) is 5.96. The number of hydrogen-bond acceptors (Lipinski definition) is 1. The van der Waals surface area contributed by atoms with Gasteiger partial charge >= 0.3 is 0 Å². The molecule has 0 aliphatic heterocycles. The predicted octanol–water partition coefficient (Wildman–Crippen LogP) is 3.11. The van der Waals surface area contributed by atoms with E-state index >= 15 is 0 Å². The van der Waals surface area contributed by atoms with E-state index in [1.54, 1.807) is 0 Å². The van der Waals surface area contributed by atoms with E-state index in [2.05, 4.69) is 37.2 Å². The van der Waals surface area contributed by atoms with Crippen LogP contribution in [0.15, 0.2) is 27.1 Å². The number of benzene rings is 1. The molecule has 0 aromatic heterocycles. The van der Waals surface area contributed by atoms with Crippen LogP contribution in [0.1, 0.15) is 5.56 Å². The molecular weight excluding hydrogens is 345 g/mol. The molecule has 0 unspecified atom stereocenters. The lowest BCUT2D eigenvalue weighted by Gasteiger charge is -2.06. The molecule has 0 bridgehead atoms. The molecule has 0 radical (unpaired) electrons. The molecule has 1 rings (SSSR count). The van der Waals surface area contributed by atoms with E-state index in [4.69, 9.17) is 11.6 Å². The Morgan fingerprint density at radius 3 is 2.80 bits per heavy atom. The van der Waals surface area contributed by atoms with Crippen molar-refractivity contribution in [1.29, 1.82) is 0 Å². The molecule has 0 saturated heterocycles. The van der Waals surface area contributed by atoms with Crippen LogP contribution in [0, 0.1) is 0 Å². The van der Waals surface area contributed by atoms with Crippen molar-refractivity contribution in [1.82, 2.24) is 5.32 Å². The van der Waals surface area contributed by atoms with E-state index in [0.29, 0.717) is 6.54 Å². The van der Waals surface area contributed by atoms with Gasteiger partial charge in [-0.2, -0.15) is 0 Å². The maximum absolute atomic E-state index is 10.9. The highest BCUT2D eigenvalue weighted by atomic mass is 79.9. The Morgan fingerprint density at radius 1 is 1.40 bits per heavy atom. The van der Waals surface area contributed by atoms with Crippen molar-refractivity contribution in [2.75, 3.05) is 12.4 Å². The third-order valence-corrected chi connectivity index (χ3v) is 3.36. The van der Waals surface area contributed by atoms with E-state index < -0.39 is 0 Å². The molecular formula is C10H10Br2ClNO. The van der Waals surface area contributed by atoms with Crippen LogP contribution in [0.5, 0.6) is 0 Å². The Balaban J connectivity index is 2.50. The molecule has 5 heteroatoms. The quantitative estimate of drug-likeness (QED) is 0.826. The van der Waals surface area contributed by atoms with Gasteiger partial charge in [-0.3, -0.25) is 4.79 Å². The van der Waals surface area contributed by atoms with Gasteiger partial charge in [0.05, 0.1) is 0 Å². The third kappa shape index (κ3) is 4.53. The summed E-state index contributed by atoms with van der Waals surface area (Å²) >= 11 is 12.2. The van der Waals surface area contributed by atoms with Crippen LogP contribution in [0.3, 0.4) is 0 Å². The molecule has 0 fully saturated rings. The zero-order chi connectivity index (χ0) is 11.3. The second kappa shape index (κ2) is 6.51. The highest BCUT2D eigenvalue weighted by Gasteiger charge is 2.02. The largest absolute Gasteiger partial charge is 0.355 e. The number of nitrogens with one attached hydrogen (secondary N) is 1. The average Bonchev–Trinajstić information content (AvgIpc) is 2.23. The summed E-state index contributed by atoms with van der Waals surface area (Å²) in [5.74, 6) is -0.123. The van der Waals surface area contributed by atoms with Crippen LogP contribution in [0.25, 0.3) is 0 Å². The number of amides is 1. The van der Waals surface area contributed by atoms with Crippen LogP contribution in [-0.2, 0) is 11.2 Å². The van der Waals surface area contributed by atoms with E-state index in [9.17, 15) is 4.79 Å². The topological polar surface area (TPSA) is 29.1 Å². The van der Waals surface area contributed by atoms with Gasteiger partial charge in [0.2, 0.25) is 5.91 Å². The molecule has 1 aromatic rings. The molecule has 0 aliphatic rings. The van der Waals surface area contributed by atoms with Gasteiger partial charge < -0.3 is 5.32 Å². The van der Waals surface area contributed by atoms with Gasteiger partial charge in [0.15, 0.2) is 0 Å². The van der Waals surface area contributed by atoms with Crippen molar-refractivity contribution in [3.8, 4) is 0 Å². The predicted molar refractivity (Wildman–Crippen MR) is 69.3 cm³/mol. The summed E-state index contributed by atoms with van der Waals surface area (Å²) in [6.45, 7) is 0.598. The van der Waals surface area contributed by atoms with Gasteiger partial charge in [-0.05, 0) is 30.2 Å². The Labute approximate surface area is 111 Å². The van der Waals surface area contributed by atoms with Gasteiger partial charge in [0, 0.05) is 15.5 Å². The van der Waals surface area contributed by atoms with Crippen molar-refractivity contribution in [3.05, 3.63) is 32.7 Å². The monoisotopic (exact) mass is 353 g/mol. The first kappa shape index (κ1) is 13.0. The molecule has 1 aromatic carbocycles. The maximum Gasteiger partial charge on any atom is 0.234 e. The second-order valence-corrected chi connectivity index (χ2v) is 5.01. The van der Waals surface area contributed by atoms with Crippen molar-refractivity contribution in [2.24, 2.45) is 0 Å². The van der Waals surface area contributed by atoms with Crippen molar-refractivity contribution >= 4 is 49.4 Å². The number of rotatable bonds is 4. The average molecular weight is 355 g/mol. The second-order valence-electron chi connectivity index (χ2n) is 2.97. The summed E-state index contributed by atoms with van der Waals surface area (Å²) in [5, 5.41) is 2.72. The molecule has 82 valence electrons. The Kier molecular flexibility index (Phi) is 5.64. The minimum Gasteiger partial charge on any atom is -0.355 e. The first-order chi connectivity index (χ1) is 7.13. The fourth-order valence-corrected chi connectivity index (χ4v) is 2.07. The molecule has 0 spiro atoms. The molecule has 1 amide bonds. The summed E-state index contributed by atoms with van der Waals surface area (Å²) in [6.07, 6.45) is 0.780. The normalized spacial score (nSPS) is 10.1. The summed E-state index contributed by atoms with van der Waals surface area (Å²) in [5.41, 5.74) is 1.15. The van der Waals surface area contributed by atoms with Crippen molar-refractivity contribution in [2.45, 2.75) is 6.42 Å². The Bertz CT molecular complexity index is 357. The number of carbonyl (C=O) groups excluding carboxylic acids is 1. The lowest BCUT2D eigenvalue weighted by atomic mass is 10.1. The zero-order valence-corrected chi connectivity index (χ0v) is 11.8. The molecule has 2 nitrogen and oxygen atoms in total. The van der Waals surface area contributed by atoms with E-state index in [1.807, 2.05) is 18.2 Å². The summed E-state index contributed by atoms with van der Waals surface area (Å²) in [7, 11) is 0. The van der Waals surface area contributed by atoms with Crippen molar-refractivity contribution < 1.29 is 4.79 Å². The SMILES string of the molecule is O=C(CCl)NCCc1cc(Br)ccc1Br. The minimum atomic E-state index is -0.136. The number of carbonyl (C=O) groups is 1. The van der Waals surface area contributed by atoms with E-state index in [0.717, 1.165) is 20.9 Å². The maximum atomic E-state index is 10.9. The van der Waals surface area contributed by atoms with Gasteiger partial charge in [0.25, 0.3) is 0 Å². The lowest BCUT2D eigenvalue weighted by molar-refractivity contribution is -0.118. The number of alkyl halides is 1. The van der Waals surface area contributed by atoms with Crippen LogP contribution >= 0.6 is 43.5 Å². The molecule has 0 atom stereocenters. The van der Waals surface area contributed by atoms with Gasteiger partial charge in [-0.15, -0.1) is 11.6 Å².